The van der Waals surface area contributed by atoms with E-state index >= 15 is 0 Å². The van der Waals surface area contributed by atoms with Gasteiger partial charge in [0.05, 0.1) is 6.61 Å². The van der Waals surface area contributed by atoms with E-state index in [4.69, 9.17) is 4.74 Å². The van der Waals surface area contributed by atoms with Crippen LogP contribution in [-0.4, -0.2) is 51.3 Å². The maximum Gasteiger partial charge on any atom is 0.0593 e. The van der Waals surface area contributed by atoms with Gasteiger partial charge in [-0.3, -0.25) is 0 Å². The van der Waals surface area contributed by atoms with Gasteiger partial charge >= 0.3 is 0 Å². The number of hydrogen-bond donors (Lipinski definition) is 1. The van der Waals surface area contributed by atoms with Crippen molar-refractivity contribution in [2.75, 3.05) is 46.4 Å². The highest BCUT2D eigenvalue weighted by molar-refractivity contribution is 4.53. The van der Waals surface area contributed by atoms with Gasteiger partial charge in [0.2, 0.25) is 0 Å². The SMILES string of the molecule is CCCNCCCCN(C)CCOCC. The van der Waals surface area contributed by atoms with E-state index in [2.05, 4.69) is 24.2 Å². The standard InChI is InChI=1S/C12H28N2O/c1-4-8-13-9-6-7-10-14(3)11-12-15-5-2/h13H,4-12H2,1-3H3. The minimum atomic E-state index is 0.828. The van der Waals surface area contributed by atoms with Crippen LogP contribution >= 0.6 is 0 Å². The van der Waals surface area contributed by atoms with Gasteiger partial charge in [0.1, 0.15) is 0 Å². The molecule has 0 fully saturated rings. The van der Waals surface area contributed by atoms with E-state index in [0.717, 1.165) is 32.8 Å². The molecular weight excluding hydrogens is 188 g/mol. The van der Waals surface area contributed by atoms with Gasteiger partial charge in [-0.15, -0.1) is 0 Å². The first-order valence-corrected chi connectivity index (χ1v) is 6.28. The molecule has 0 bridgehead atoms. The second kappa shape index (κ2) is 12.0. The maximum absolute atomic E-state index is 5.31. The molecule has 0 radical (unpaired) electrons. The minimum Gasteiger partial charge on any atom is -0.380 e. The molecule has 0 saturated carbocycles. The number of rotatable bonds is 11. The molecule has 0 spiro atoms. The summed E-state index contributed by atoms with van der Waals surface area (Å²) >= 11 is 0. The molecule has 0 atom stereocenters. The molecule has 0 saturated heterocycles. The Morgan fingerprint density at radius 1 is 1.07 bits per heavy atom. The molecule has 0 aliphatic carbocycles. The van der Waals surface area contributed by atoms with Gasteiger partial charge in [-0.1, -0.05) is 6.92 Å². The Morgan fingerprint density at radius 2 is 1.87 bits per heavy atom. The zero-order valence-electron chi connectivity index (χ0n) is 10.7. The number of likely N-dealkylation sites (N-methyl/N-ethyl adjacent to an activating group) is 1. The van der Waals surface area contributed by atoms with Crippen molar-refractivity contribution in [1.82, 2.24) is 10.2 Å². The number of hydrogen-bond acceptors (Lipinski definition) is 3. The zero-order chi connectivity index (χ0) is 11.4. The molecule has 0 heterocycles. The van der Waals surface area contributed by atoms with Crippen LogP contribution in [0, 0.1) is 0 Å². The normalized spacial score (nSPS) is 11.2. The number of nitrogens with zero attached hydrogens (tertiary/aromatic N) is 1. The molecule has 0 aromatic carbocycles. The van der Waals surface area contributed by atoms with Crippen LogP contribution in [0.4, 0.5) is 0 Å². The van der Waals surface area contributed by atoms with Gasteiger partial charge in [0.25, 0.3) is 0 Å². The molecule has 0 rings (SSSR count). The lowest BCUT2D eigenvalue weighted by Gasteiger charge is -2.16. The summed E-state index contributed by atoms with van der Waals surface area (Å²) < 4.78 is 5.31. The Bertz CT molecular complexity index is 120. The Labute approximate surface area is 95.2 Å². The summed E-state index contributed by atoms with van der Waals surface area (Å²) in [7, 11) is 2.17. The summed E-state index contributed by atoms with van der Waals surface area (Å²) in [6, 6.07) is 0. The average Bonchev–Trinajstić information content (AvgIpc) is 2.23. The molecular formula is C12H28N2O. The van der Waals surface area contributed by atoms with Crippen LogP contribution in [0.25, 0.3) is 0 Å². The number of ether oxygens (including phenoxy) is 1. The van der Waals surface area contributed by atoms with Crippen molar-refractivity contribution in [1.29, 1.82) is 0 Å². The monoisotopic (exact) mass is 216 g/mol. The lowest BCUT2D eigenvalue weighted by atomic mass is 10.3. The van der Waals surface area contributed by atoms with Crippen LogP contribution in [0.3, 0.4) is 0 Å². The molecule has 3 nitrogen and oxygen atoms in total. The highest BCUT2D eigenvalue weighted by Gasteiger charge is 1.97. The molecule has 0 aliphatic heterocycles. The fourth-order valence-corrected chi connectivity index (χ4v) is 1.41. The van der Waals surface area contributed by atoms with Crippen LogP contribution in [0.15, 0.2) is 0 Å². The van der Waals surface area contributed by atoms with Crippen molar-refractivity contribution in [2.24, 2.45) is 0 Å². The van der Waals surface area contributed by atoms with Gasteiger partial charge in [0.15, 0.2) is 0 Å². The summed E-state index contributed by atoms with van der Waals surface area (Å²) in [6.45, 7) is 10.5. The second-order valence-electron chi connectivity index (χ2n) is 3.96. The third-order valence-corrected chi connectivity index (χ3v) is 2.39. The van der Waals surface area contributed by atoms with E-state index in [1.165, 1.54) is 25.8 Å². The molecule has 92 valence electrons. The van der Waals surface area contributed by atoms with E-state index in [1.54, 1.807) is 0 Å². The fraction of sp³-hybridized carbons (Fsp3) is 1.00. The molecule has 0 unspecified atom stereocenters. The van der Waals surface area contributed by atoms with Crippen LogP contribution in [0.5, 0.6) is 0 Å². The first-order chi connectivity index (χ1) is 7.31. The second-order valence-corrected chi connectivity index (χ2v) is 3.96. The third kappa shape index (κ3) is 11.8. The quantitative estimate of drug-likeness (QED) is 0.532. The van der Waals surface area contributed by atoms with Crippen LogP contribution in [0.1, 0.15) is 33.1 Å². The van der Waals surface area contributed by atoms with Crippen molar-refractivity contribution in [2.45, 2.75) is 33.1 Å². The van der Waals surface area contributed by atoms with E-state index in [9.17, 15) is 0 Å². The molecule has 0 aliphatic rings. The van der Waals surface area contributed by atoms with Crippen molar-refractivity contribution in [3.05, 3.63) is 0 Å². The maximum atomic E-state index is 5.31. The third-order valence-electron chi connectivity index (χ3n) is 2.39. The smallest absolute Gasteiger partial charge is 0.0593 e. The van der Waals surface area contributed by atoms with Crippen molar-refractivity contribution in [3.8, 4) is 0 Å². The summed E-state index contributed by atoms with van der Waals surface area (Å²) in [5.74, 6) is 0. The lowest BCUT2D eigenvalue weighted by molar-refractivity contribution is 0.121. The van der Waals surface area contributed by atoms with Crippen LogP contribution in [0.2, 0.25) is 0 Å². The van der Waals surface area contributed by atoms with Crippen molar-refractivity contribution >= 4 is 0 Å². The topological polar surface area (TPSA) is 24.5 Å². The van der Waals surface area contributed by atoms with Gasteiger partial charge < -0.3 is 15.0 Å². The Hall–Kier alpha value is -0.120. The first kappa shape index (κ1) is 14.9. The first-order valence-electron chi connectivity index (χ1n) is 6.28. The summed E-state index contributed by atoms with van der Waals surface area (Å²) in [6.07, 6.45) is 3.78. The predicted molar refractivity (Wildman–Crippen MR) is 66.4 cm³/mol. The van der Waals surface area contributed by atoms with E-state index < -0.39 is 0 Å². The largest absolute Gasteiger partial charge is 0.380 e. The Kier molecular flexibility index (Phi) is 11.9. The van der Waals surface area contributed by atoms with Gasteiger partial charge in [-0.2, -0.15) is 0 Å². The van der Waals surface area contributed by atoms with Crippen molar-refractivity contribution < 1.29 is 4.74 Å². The van der Waals surface area contributed by atoms with E-state index in [1.807, 2.05) is 6.92 Å². The van der Waals surface area contributed by atoms with Gasteiger partial charge in [0, 0.05) is 13.2 Å². The van der Waals surface area contributed by atoms with E-state index in [-0.39, 0.29) is 0 Å². The summed E-state index contributed by atoms with van der Waals surface area (Å²) in [5, 5.41) is 3.42. The van der Waals surface area contributed by atoms with Gasteiger partial charge in [-0.05, 0) is 52.9 Å². The van der Waals surface area contributed by atoms with Gasteiger partial charge in [-0.25, -0.2) is 0 Å². The zero-order valence-corrected chi connectivity index (χ0v) is 10.7. The highest BCUT2D eigenvalue weighted by atomic mass is 16.5. The fourth-order valence-electron chi connectivity index (χ4n) is 1.41. The van der Waals surface area contributed by atoms with Crippen LogP contribution in [-0.2, 0) is 4.74 Å². The summed E-state index contributed by atoms with van der Waals surface area (Å²) in [4.78, 5) is 2.34. The highest BCUT2D eigenvalue weighted by Crippen LogP contribution is 1.92. The number of nitrogens with one attached hydrogen (secondary N) is 1. The summed E-state index contributed by atoms with van der Waals surface area (Å²) in [5.41, 5.74) is 0. The Morgan fingerprint density at radius 3 is 2.53 bits per heavy atom. The van der Waals surface area contributed by atoms with Crippen LogP contribution < -0.4 is 5.32 Å². The predicted octanol–water partition coefficient (Wildman–Crippen LogP) is 1.73. The van der Waals surface area contributed by atoms with E-state index in [0.29, 0.717) is 0 Å². The Balaban J connectivity index is 3.06. The number of unbranched alkanes of at least 4 members (excludes halogenated alkanes) is 1. The average molecular weight is 216 g/mol. The lowest BCUT2D eigenvalue weighted by Crippen LogP contribution is -2.25. The molecule has 3 heteroatoms. The van der Waals surface area contributed by atoms with Crippen molar-refractivity contribution in [3.63, 3.8) is 0 Å². The molecule has 0 aromatic heterocycles. The molecule has 15 heavy (non-hydrogen) atoms. The molecule has 0 aromatic rings. The molecule has 0 amide bonds. The molecule has 1 N–H and O–H groups in total. The minimum absolute atomic E-state index is 0.828.